The minimum absolute atomic E-state index is 0.231. The summed E-state index contributed by atoms with van der Waals surface area (Å²) in [6.07, 6.45) is 19.9. The maximum Gasteiger partial charge on any atom is 0.307 e. The predicted molar refractivity (Wildman–Crippen MR) is 127 cm³/mol. The first kappa shape index (κ1) is 29.6. The molecule has 0 aliphatic carbocycles. The molecule has 0 aliphatic heterocycles. The molecule has 3 atom stereocenters. The number of aliphatic hydroxyl groups excluding tert-OH is 1. The Bertz CT molecular complexity index is 474. The van der Waals surface area contributed by atoms with Crippen molar-refractivity contribution in [1.82, 2.24) is 0 Å². The van der Waals surface area contributed by atoms with Gasteiger partial charge < -0.3 is 15.3 Å². The van der Waals surface area contributed by atoms with Gasteiger partial charge in [-0.15, -0.1) is 0 Å². The average molecular weight is 441 g/mol. The predicted octanol–water partition coefficient (Wildman–Crippen LogP) is 6.98. The second-order valence-electron chi connectivity index (χ2n) is 8.94. The molecule has 0 aromatic carbocycles. The van der Waals surface area contributed by atoms with E-state index in [9.17, 15) is 24.9 Å². The average Bonchev–Trinajstić information content (AvgIpc) is 2.73. The minimum atomic E-state index is -0.973. The van der Waals surface area contributed by atoms with Gasteiger partial charge in [0.15, 0.2) is 0 Å². The molecule has 0 aromatic heterocycles. The van der Waals surface area contributed by atoms with Gasteiger partial charge in [-0.3, -0.25) is 9.59 Å². The normalized spacial score (nSPS) is 14.5. The molecule has 5 nitrogen and oxygen atoms in total. The maximum absolute atomic E-state index is 11.6. The van der Waals surface area contributed by atoms with E-state index in [4.69, 9.17) is 0 Å². The number of carboxylic acids is 2. The van der Waals surface area contributed by atoms with E-state index in [1.54, 1.807) is 0 Å². The van der Waals surface area contributed by atoms with Gasteiger partial charge in [0.05, 0.1) is 17.9 Å². The monoisotopic (exact) mass is 440 g/mol. The zero-order chi connectivity index (χ0) is 23.3. The van der Waals surface area contributed by atoms with E-state index >= 15 is 0 Å². The first-order valence-electron chi connectivity index (χ1n) is 12.7. The van der Waals surface area contributed by atoms with Gasteiger partial charge in [-0.25, -0.2) is 0 Å². The molecule has 31 heavy (non-hydrogen) atoms. The van der Waals surface area contributed by atoms with Crippen LogP contribution in [-0.4, -0.2) is 33.4 Å². The Balaban J connectivity index is 3.99. The molecule has 5 heteroatoms. The fourth-order valence-electron chi connectivity index (χ4n) is 4.06. The summed E-state index contributed by atoms with van der Waals surface area (Å²) in [6, 6.07) is 0. The molecule has 0 saturated heterocycles. The van der Waals surface area contributed by atoms with Crippen LogP contribution in [0.3, 0.4) is 0 Å². The number of hydrogen-bond acceptors (Lipinski definition) is 3. The van der Waals surface area contributed by atoms with Gasteiger partial charge in [0.25, 0.3) is 0 Å². The second-order valence-corrected chi connectivity index (χ2v) is 8.94. The highest BCUT2D eigenvalue weighted by atomic mass is 16.4. The van der Waals surface area contributed by atoms with E-state index < -0.39 is 23.8 Å². The fraction of sp³-hybridized carbons (Fsp3) is 0.846. The van der Waals surface area contributed by atoms with Crippen molar-refractivity contribution in [2.24, 2.45) is 11.8 Å². The van der Waals surface area contributed by atoms with Crippen LogP contribution in [0, 0.1) is 11.8 Å². The van der Waals surface area contributed by atoms with E-state index in [1.807, 2.05) is 0 Å². The summed E-state index contributed by atoms with van der Waals surface area (Å²) < 4.78 is 0. The Morgan fingerprint density at radius 1 is 0.645 bits per heavy atom. The third-order valence-corrected chi connectivity index (χ3v) is 6.09. The fourth-order valence-corrected chi connectivity index (χ4v) is 4.06. The smallest absolute Gasteiger partial charge is 0.307 e. The van der Waals surface area contributed by atoms with Crippen molar-refractivity contribution >= 4 is 11.9 Å². The van der Waals surface area contributed by atoms with Gasteiger partial charge in [-0.1, -0.05) is 96.6 Å². The van der Waals surface area contributed by atoms with E-state index in [1.165, 1.54) is 19.3 Å². The van der Waals surface area contributed by atoms with Gasteiger partial charge in [0, 0.05) is 0 Å². The molecule has 3 unspecified atom stereocenters. The summed E-state index contributed by atoms with van der Waals surface area (Å²) in [4.78, 5) is 23.2. The van der Waals surface area contributed by atoms with Crippen molar-refractivity contribution in [2.45, 2.75) is 129 Å². The first-order valence-corrected chi connectivity index (χ1v) is 12.7. The quantitative estimate of drug-likeness (QED) is 0.125. The Hall–Kier alpha value is -1.36. The topological polar surface area (TPSA) is 94.8 Å². The lowest BCUT2D eigenvalue weighted by atomic mass is 9.84. The molecule has 0 bridgehead atoms. The summed E-state index contributed by atoms with van der Waals surface area (Å²) in [7, 11) is 0. The molecule has 0 heterocycles. The van der Waals surface area contributed by atoms with Gasteiger partial charge in [0.1, 0.15) is 0 Å². The number of carboxylic acid groups (broad SMARTS) is 2. The summed E-state index contributed by atoms with van der Waals surface area (Å²) in [6.45, 7) is 4.29. The van der Waals surface area contributed by atoms with Gasteiger partial charge in [-0.05, 0) is 38.5 Å². The van der Waals surface area contributed by atoms with Crippen LogP contribution in [0.2, 0.25) is 0 Å². The highest BCUT2D eigenvalue weighted by molar-refractivity contribution is 5.79. The number of aliphatic carboxylic acids is 2. The molecule has 3 N–H and O–H groups in total. The first-order chi connectivity index (χ1) is 14.9. The summed E-state index contributed by atoms with van der Waals surface area (Å²) in [5.74, 6) is -3.50. The van der Waals surface area contributed by atoms with E-state index in [0.29, 0.717) is 12.8 Å². The van der Waals surface area contributed by atoms with Gasteiger partial charge >= 0.3 is 11.9 Å². The lowest BCUT2D eigenvalue weighted by molar-refractivity contribution is -0.154. The van der Waals surface area contributed by atoms with Gasteiger partial charge in [0.2, 0.25) is 0 Å². The van der Waals surface area contributed by atoms with Crippen LogP contribution in [-0.2, 0) is 9.59 Å². The third kappa shape index (κ3) is 16.9. The number of allylic oxidation sites excluding steroid dienone is 1. The number of hydrogen-bond donors (Lipinski definition) is 3. The van der Waals surface area contributed by atoms with Crippen LogP contribution in [0.15, 0.2) is 12.2 Å². The van der Waals surface area contributed by atoms with Crippen LogP contribution < -0.4 is 0 Å². The van der Waals surface area contributed by atoms with Crippen molar-refractivity contribution in [3.63, 3.8) is 0 Å². The number of aliphatic hydroxyl groups is 1. The molecular weight excluding hydrogens is 392 g/mol. The Kier molecular flexibility index (Phi) is 19.6. The standard InChI is InChI=1S/C26H48O5/c1-3-5-7-14-18-22(27)19-15-12-10-9-11-13-17-21-24(26(30)31)23(25(28)29)20-16-8-6-4-2/h12,15,22-24,27H,3-11,13-14,16-21H2,1-2H3,(H,28,29)(H,30,31)/b15-12-. The molecule has 0 fully saturated rings. The lowest BCUT2D eigenvalue weighted by Gasteiger charge is -2.20. The van der Waals surface area contributed by atoms with Crippen LogP contribution in [0.25, 0.3) is 0 Å². The number of rotatable bonds is 22. The van der Waals surface area contributed by atoms with Crippen LogP contribution in [0.4, 0.5) is 0 Å². The Labute approximate surface area is 190 Å². The van der Waals surface area contributed by atoms with Gasteiger partial charge in [-0.2, -0.15) is 0 Å². The molecule has 0 aliphatic rings. The van der Waals surface area contributed by atoms with Crippen molar-refractivity contribution in [3.05, 3.63) is 12.2 Å². The second kappa shape index (κ2) is 20.5. The van der Waals surface area contributed by atoms with Crippen molar-refractivity contribution in [2.75, 3.05) is 0 Å². The highest BCUT2D eigenvalue weighted by Crippen LogP contribution is 2.26. The molecule has 182 valence electrons. The Morgan fingerprint density at radius 3 is 1.58 bits per heavy atom. The lowest BCUT2D eigenvalue weighted by Crippen LogP contribution is -2.30. The maximum atomic E-state index is 11.6. The molecule has 0 amide bonds. The van der Waals surface area contributed by atoms with Crippen molar-refractivity contribution in [1.29, 1.82) is 0 Å². The van der Waals surface area contributed by atoms with Crippen LogP contribution >= 0.6 is 0 Å². The zero-order valence-corrected chi connectivity index (χ0v) is 20.1. The zero-order valence-electron chi connectivity index (χ0n) is 20.1. The van der Waals surface area contributed by atoms with Crippen LogP contribution in [0.5, 0.6) is 0 Å². The van der Waals surface area contributed by atoms with E-state index in [-0.39, 0.29) is 6.10 Å². The molecule has 0 aromatic rings. The largest absolute Gasteiger partial charge is 0.481 e. The van der Waals surface area contributed by atoms with Crippen LogP contribution in [0.1, 0.15) is 123 Å². The summed E-state index contributed by atoms with van der Waals surface area (Å²) in [5, 5.41) is 29.0. The number of unbranched alkanes of at least 4 members (excludes halogenated alkanes) is 10. The minimum Gasteiger partial charge on any atom is -0.481 e. The summed E-state index contributed by atoms with van der Waals surface area (Å²) in [5.41, 5.74) is 0. The highest BCUT2D eigenvalue weighted by Gasteiger charge is 2.32. The number of carbonyl (C=O) groups is 2. The molecule has 0 saturated carbocycles. The SMILES string of the molecule is CCCCCCC(O)C/C=C\CCCCCCC(C(=O)O)C(CCCCCC)C(=O)O. The third-order valence-electron chi connectivity index (χ3n) is 6.09. The Morgan fingerprint density at radius 2 is 1.10 bits per heavy atom. The summed E-state index contributed by atoms with van der Waals surface area (Å²) >= 11 is 0. The molecule has 0 rings (SSSR count). The van der Waals surface area contributed by atoms with E-state index in [0.717, 1.165) is 77.0 Å². The molecule has 0 spiro atoms. The van der Waals surface area contributed by atoms with E-state index in [2.05, 4.69) is 26.0 Å². The molecular formula is C26H48O5. The molecule has 0 radical (unpaired) electrons. The van der Waals surface area contributed by atoms with Crippen molar-refractivity contribution < 1.29 is 24.9 Å². The van der Waals surface area contributed by atoms with Crippen molar-refractivity contribution in [3.8, 4) is 0 Å².